The van der Waals surface area contributed by atoms with Crippen LogP contribution in [0, 0.1) is 5.82 Å². The molecule has 0 unspecified atom stereocenters. The molecule has 2 fully saturated rings. The third kappa shape index (κ3) is 3.83. The van der Waals surface area contributed by atoms with Gasteiger partial charge >= 0.3 is 0 Å². The van der Waals surface area contributed by atoms with Crippen LogP contribution in [0.1, 0.15) is 31.7 Å². The van der Waals surface area contributed by atoms with Gasteiger partial charge in [0.2, 0.25) is 5.16 Å². The van der Waals surface area contributed by atoms with Gasteiger partial charge in [0.25, 0.3) is 0 Å². The van der Waals surface area contributed by atoms with Crippen molar-refractivity contribution in [3.05, 3.63) is 47.4 Å². The Balaban J connectivity index is 1.09. The van der Waals surface area contributed by atoms with Gasteiger partial charge in [-0.25, -0.2) is 4.39 Å². The van der Waals surface area contributed by atoms with E-state index in [0.29, 0.717) is 22.5 Å². The fourth-order valence-corrected chi connectivity index (χ4v) is 6.32. The molecule has 178 valence electrons. The van der Waals surface area contributed by atoms with E-state index in [1.54, 1.807) is 17.8 Å². The van der Waals surface area contributed by atoms with Gasteiger partial charge < -0.3 is 9.47 Å². The molecule has 2 aliphatic rings. The van der Waals surface area contributed by atoms with Crippen molar-refractivity contribution in [1.29, 1.82) is 0 Å². The molecule has 1 saturated carbocycles. The molecular formula is C24H27ClFN7S. The quantitative estimate of drug-likeness (QED) is 0.372. The molecule has 1 aliphatic heterocycles. The van der Waals surface area contributed by atoms with Gasteiger partial charge in [-0.3, -0.25) is 4.90 Å². The number of hydrogen-bond acceptors (Lipinski definition) is 6. The molecule has 10 heteroatoms. The fraction of sp³-hybridized carbons (Fsp3) is 0.458. The molecule has 0 atom stereocenters. The number of nitrogens with zero attached hydrogens (tertiary/aromatic N) is 7. The van der Waals surface area contributed by atoms with Crippen molar-refractivity contribution in [3.63, 3.8) is 0 Å². The third-order valence-corrected chi connectivity index (χ3v) is 8.28. The number of aromatic nitrogens is 5. The smallest absolute Gasteiger partial charge is 0.212 e. The highest BCUT2D eigenvalue weighted by Crippen LogP contribution is 2.37. The van der Waals surface area contributed by atoms with Crippen LogP contribution in [0.2, 0.25) is 5.02 Å². The summed E-state index contributed by atoms with van der Waals surface area (Å²) in [6, 6.07) is 10.2. The maximum atomic E-state index is 14.3. The van der Waals surface area contributed by atoms with Crippen LogP contribution in [0.25, 0.3) is 16.6 Å². The third-order valence-electron chi connectivity index (χ3n) is 7.38. The van der Waals surface area contributed by atoms with Gasteiger partial charge in [-0.2, -0.15) is 4.52 Å². The van der Waals surface area contributed by atoms with Crippen LogP contribution in [0.4, 0.5) is 10.2 Å². The summed E-state index contributed by atoms with van der Waals surface area (Å²) >= 11 is 7.92. The van der Waals surface area contributed by atoms with Crippen LogP contribution in [-0.4, -0.2) is 67.8 Å². The van der Waals surface area contributed by atoms with Gasteiger partial charge in [0.15, 0.2) is 5.65 Å². The Morgan fingerprint density at radius 3 is 2.50 bits per heavy atom. The topological polar surface area (TPSA) is 54.5 Å². The van der Waals surface area contributed by atoms with E-state index < -0.39 is 0 Å². The summed E-state index contributed by atoms with van der Waals surface area (Å²) in [5, 5.41) is 15.0. The number of benzene rings is 1. The van der Waals surface area contributed by atoms with Crippen LogP contribution in [0.3, 0.4) is 0 Å². The van der Waals surface area contributed by atoms with E-state index in [1.807, 2.05) is 35.2 Å². The number of hydrogen-bond donors (Lipinski definition) is 0. The van der Waals surface area contributed by atoms with Crippen molar-refractivity contribution >= 4 is 45.7 Å². The van der Waals surface area contributed by atoms with E-state index in [1.165, 1.54) is 6.07 Å². The van der Waals surface area contributed by atoms with Crippen molar-refractivity contribution in [2.75, 3.05) is 37.3 Å². The number of halogens is 2. The van der Waals surface area contributed by atoms with Gasteiger partial charge in [-0.1, -0.05) is 29.4 Å². The lowest BCUT2D eigenvalue weighted by Crippen LogP contribution is -2.51. The molecule has 0 amide bonds. The Bertz CT molecular complexity index is 1320. The molecule has 4 aromatic rings. The van der Waals surface area contributed by atoms with E-state index in [9.17, 15) is 4.39 Å². The van der Waals surface area contributed by atoms with Crippen molar-refractivity contribution in [2.24, 2.45) is 0 Å². The fourth-order valence-electron chi connectivity index (χ4n) is 5.60. The second-order valence-electron chi connectivity index (χ2n) is 9.15. The Kier molecular flexibility index (Phi) is 5.87. The number of fused-ring (bicyclic) bond motifs is 2. The lowest BCUT2D eigenvalue weighted by atomic mass is 9.89. The first-order chi connectivity index (χ1) is 16.6. The molecule has 0 spiro atoms. The molecule has 0 N–H and O–H groups in total. The number of thioether (sulfide) groups is 1. The molecule has 3 aromatic heterocycles. The first-order valence-corrected chi connectivity index (χ1v) is 13.4. The number of anilines is 1. The average Bonchev–Trinajstić information content (AvgIpc) is 3.45. The summed E-state index contributed by atoms with van der Waals surface area (Å²) in [5.74, 6) is 0.741. The summed E-state index contributed by atoms with van der Waals surface area (Å²) in [5.41, 5.74) is 1.69. The molecule has 6 rings (SSSR count). The van der Waals surface area contributed by atoms with Crippen molar-refractivity contribution in [2.45, 2.75) is 42.9 Å². The number of rotatable bonds is 4. The lowest BCUT2D eigenvalue weighted by molar-refractivity contribution is 0.131. The average molecular weight is 500 g/mol. The van der Waals surface area contributed by atoms with E-state index in [2.05, 4.69) is 24.6 Å². The molecule has 1 aromatic carbocycles. The van der Waals surface area contributed by atoms with Gasteiger partial charge in [0.1, 0.15) is 11.6 Å². The van der Waals surface area contributed by atoms with Crippen LogP contribution < -0.4 is 4.90 Å². The first-order valence-electron chi connectivity index (χ1n) is 11.8. The van der Waals surface area contributed by atoms with Gasteiger partial charge in [-0.15, -0.1) is 15.3 Å². The predicted octanol–water partition coefficient (Wildman–Crippen LogP) is 4.90. The Labute approximate surface area is 206 Å². The standard InChI is InChI=1S/C24H27ClFN7S/c1-34-24-28-27-21-9-10-22(29-33(21)24)31-13-11-30(12-14-31)16-5-7-17(8-6-16)32-15-18(25)23-19(26)3-2-4-20(23)32/h2-4,9-10,15-17H,5-8,11-14H2,1H3. The molecule has 7 nitrogen and oxygen atoms in total. The predicted molar refractivity (Wildman–Crippen MR) is 135 cm³/mol. The van der Waals surface area contributed by atoms with Crippen molar-refractivity contribution in [1.82, 2.24) is 29.3 Å². The summed E-state index contributed by atoms with van der Waals surface area (Å²) < 4.78 is 18.3. The maximum Gasteiger partial charge on any atom is 0.212 e. The zero-order chi connectivity index (χ0) is 23.2. The monoisotopic (exact) mass is 499 g/mol. The highest BCUT2D eigenvalue weighted by molar-refractivity contribution is 7.98. The highest BCUT2D eigenvalue weighted by atomic mass is 35.5. The normalized spacial score (nSPS) is 22.1. The molecule has 1 aliphatic carbocycles. The zero-order valence-electron chi connectivity index (χ0n) is 19.1. The van der Waals surface area contributed by atoms with E-state index in [4.69, 9.17) is 16.7 Å². The second kappa shape index (κ2) is 9.02. The largest absolute Gasteiger partial charge is 0.353 e. The molecule has 0 radical (unpaired) electrons. The van der Waals surface area contributed by atoms with Crippen molar-refractivity contribution < 1.29 is 4.39 Å². The molecular weight excluding hydrogens is 473 g/mol. The Morgan fingerprint density at radius 1 is 0.971 bits per heavy atom. The second-order valence-corrected chi connectivity index (χ2v) is 10.3. The van der Waals surface area contributed by atoms with E-state index in [0.717, 1.165) is 74.0 Å². The summed E-state index contributed by atoms with van der Waals surface area (Å²) in [7, 11) is 0. The minimum absolute atomic E-state index is 0.240. The Hall–Kier alpha value is -2.36. The first kappa shape index (κ1) is 22.1. The SMILES string of the molecule is CSc1nnc2ccc(N3CCN(C4CCC(n5cc(Cl)c6c(F)cccc65)CC4)CC3)nn12. The zero-order valence-corrected chi connectivity index (χ0v) is 20.6. The van der Waals surface area contributed by atoms with Crippen molar-refractivity contribution in [3.8, 4) is 0 Å². The minimum Gasteiger partial charge on any atom is -0.353 e. The number of piperazine rings is 1. The summed E-state index contributed by atoms with van der Waals surface area (Å²) in [6.45, 7) is 4.00. The van der Waals surface area contributed by atoms with Crippen LogP contribution in [-0.2, 0) is 0 Å². The van der Waals surface area contributed by atoms with Gasteiger partial charge in [0, 0.05) is 44.5 Å². The summed E-state index contributed by atoms with van der Waals surface area (Å²) in [4.78, 5) is 4.99. The van der Waals surface area contributed by atoms with Crippen LogP contribution >= 0.6 is 23.4 Å². The lowest BCUT2D eigenvalue weighted by Gasteiger charge is -2.42. The van der Waals surface area contributed by atoms with E-state index in [-0.39, 0.29) is 5.82 Å². The maximum absolute atomic E-state index is 14.3. The van der Waals surface area contributed by atoms with Crippen LogP contribution in [0.5, 0.6) is 0 Å². The molecule has 34 heavy (non-hydrogen) atoms. The highest BCUT2D eigenvalue weighted by Gasteiger charge is 2.30. The van der Waals surface area contributed by atoms with Gasteiger partial charge in [0.05, 0.1) is 15.9 Å². The molecule has 0 bridgehead atoms. The Morgan fingerprint density at radius 2 is 1.74 bits per heavy atom. The molecule has 4 heterocycles. The minimum atomic E-state index is -0.240. The summed E-state index contributed by atoms with van der Waals surface area (Å²) in [6.07, 6.45) is 8.39. The molecule has 1 saturated heterocycles. The van der Waals surface area contributed by atoms with E-state index >= 15 is 0 Å². The van der Waals surface area contributed by atoms with Gasteiger partial charge in [-0.05, 0) is 56.2 Å². The van der Waals surface area contributed by atoms with Crippen LogP contribution in [0.15, 0.2) is 41.7 Å².